The van der Waals surface area contributed by atoms with Crippen molar-refractivity contribution in [3.63, 3.8) is 0 Å². The maximum atomic E-state index is 14.4. The Bertz CT molecular complexity index is 1120. The van der Waals surface area contributed by atoms with Gasteiger partial charge in [-0.05, 0) is 37.4 Å². The molecule has 0 aliphatic heterocycles. The number of carbonyl (C=O) groups excluding carboxylic acids is 2. The highest BCUT2D eigenvalue weighted by molar-refractivity contribution is 7.98. The summed E-state index contributed by atoms with van der Waals surface area (Å²) in [6, 6.07) is 8.78. The lowest BCUT2D eigenvalue weighted by Crippen LogP contribution is -2.23. The van der Waals surface area contributed by atoms with Gasteiger partial charge in [0.2, 0.25) is 0 Å². The van der Waals surface area contributed by atoms with Gasteiger partial charge in [0.25, 0.3) is 5.91 Å². The number of halogens is 2. The second-order valence-corrected chi connectivity index (χ2v) is 7.55. The van der Waals surface area contributed by atoms with Crippen LogP contribution in [0.15, 0.2) is 46.3 Å². The van der Waals surface area contributed by atoms with Crippen LogP contribution in [0.3, 0.4) is 0 Å². The predicted octanol–water partition coefficient (Wildman–Crippen LogP) is 4.01. The van der Waals surface area contributed by atoms with E-state index in [0.717, 1.165) is 28.4 Å². The number of aromatic nitrogens is 1. The first-order valence-electron chi connectivity index (χ1n) is 8.30. The van der Waals surface area contributed by atoms with E-state index in [1.54, 1.807) is 25.1 Å². The SMILES string of the molecule is CCOC(=O)Cn1c(=NC(=O)c2cccc(SC)c2)sc2cc(F)cc(F)c21. The lowest BCUT2D eigenvalue weighted by Gasteiger charge is -2.06. The third-order valence-corrected chi connectivity index (χ3v) is 5.55. The molecule has 0 saturated heterocycles. The monoisotopic (exact) mass is 422 g/mol. The van der Waals surface area contributed by atoms with Gasteiger partial charge in [0.1, 0.15) is 12.4 Å². The molecule has 146 valence electrons. The Kier molecular flexibility index (Phi) is 6.25. The van der Waals surface area contributed by atoms with Gasteiger partial charge in [-0.3, -0.25) is 9.59 Å². The highest BCUT2D eigenvalue weighted by Crippen LogP contribution is 2.23. The highest BCUT2D eigenvalue weighted by atomic mass is 32.2. The number of esters is 1. The molecule has 1 heterocycles. The summed E-state index contributed by atoms with van der Waals surface area (Å²) < 4.78 is 34.4. The summed E-state index contributed by atoms with van der Waals surface area (Å²) in [5.41, 5.74) is 0.363. The van der Waals surface area contributed by atoms with Crippen molar-refractivity contribution in [3.8, 4) is 0 Å². The van der Waals surface area contributed by atoms with Crippen molar-refractivity contribution in [2.75, 3.05) is 12.9 Å². The summed E-state index contributed by atoms with van der Waals surface area (Å²) in [5, 5.41) is 0. The molecule has 0 unspecified atom stereocenters. The average molecular weight is 422 g/mol. The molecule has 3 rings (SSSR count). The van der Waals surface area contributed by atoms with Crippen LogP contribution < -0.4 is 4.80 Å². The number of thioether (sulfide) groups is 1. The van der Waals surface area contributed by atoms with Gasteiger partial charge in [-0.1, -0.05) is 17.4 Å². The van der Waals surface area contributed by atoms with Gasteiger partial charge in [-0.2, -0.15) is 4.99 Å². The standard InChI is InChI=1S/C19H16F2N2O3S2/c1-3-26-16(24)10-23-17-14(21)8-12(20)9-15(17)28-19(23)22-18(25)11-5-4-6-13(7-11)27-2/h4-9H,3,10H2,1-2H3. The van der Waals surface area contributed by atoms with Crippen LogP contribution in [-0.4, -0.2) is 29.3 Å². The molecule has 1 aromatic heterocycles. The number of rotatable bonds is 5. The second kappa shape index (κ2) is 8.66. The fourth-order valence-electron chi connectivity index (χ4n) is 2.60. The van der Waals surface area contributed by atoms with Crippen LogP contribution in [0.2, 0.25) is 0 Å². The fourth-order valence-corrected chi connectivity index (χ4v) is 4.13. The Balaban J connectivity index is 2.15. The van der Waals surface area contributed by atoms with Crippen LogP contribution in [0, 0.1) is 11.6 Å². The average Bonchev–Trinajstić information content (AvgIpc) is 2.98. The Morgan fingerprint density at radius 3 is 2.75 bits per heavy atom. The molecule has 1 amide bonds. The molecule has 28 heavy (non-hydrogen) atoms. The largest absolute Gasteiger partial charge is 0.465 e. The summed E-state index contributed by atoms with van der Waals surface area (Å²) in [7, 11) is 0. The zero-order chi connectivity index (χ0) is 20.3. The summed E-state index contributed by atoms with van der Waals surface area (Å²) in [6.45, 7) is 1.47. The smallest absolute Gasteiger partial charge is 0.326 e. The van der Waals surface area contributed by atoms with E-state index < -0.39 is 23.5 Å². The molecular formula is C19H16F2N2O3S2. The number of hydrogen-bond donors (Lipinski definition) is 0. The van der Waals surface area contributed by atoms with E-state index in [-0.39, 0.29) is 28.2 Å². The minimum atomic E-state index is -0.839. The van der Waals surface area contributed by atoms with E-state index in [2.05, 4.69) is 4.99 Å². The molecule has 9 heteroatoms. The maximum Gasteiger partial charge on any atom is 0.326 e. The van der Waals surface area contributed by atoms with Gasteiger partial charge in [0, 0.05) is 16.5 Å². The number of amides is 1. The second-order valence-electron chi connectivity index (χ2n) is 5.66. The molecule has 2 aromatic carbocycles. The van der Waals surface area contributed by atoms with Crippen LogP contribution in [0.25, 0.3) is 10.2 Å². The number of fused-ring (bicyclic) bond motifs is 1. The third-order valence-electron chi connectivity index (χ3n) is 3.80. The van der Waals surface area contributed by atoms with Crippen LogP contribution in [0.4, 0.5) is 8.78 Å². The van der Waals surface area contributed by atoms with E-state index in [1.807, 2.05) is 12.3 Å². The minimum absolute atomic E-state index is 0.00358. The summed E-state index contributed by atoms with van der Waals surface area (Å²) in [4.78, 5) is 29.6. The lowest BCUT2D eigenvalue weighted by atomic mass is 10.2. The molecule has 0 N–H and O–H groups in total. The first-order valence-corrected chi connectivity index (χ1v) is 10.3. The Morgan fingerprint density at radius 2 is 2.04 bits per heavy atom. The highest BCUT2D eigenvalue weighted by Gasteiger charge is 2.17. The molecule has 0 spiro atoms. The zero-order valence-electron chi connectivity index (χ0n) is 15.1. The molecule has 0 radical (unpaired) electrons. The number of benzene rings is 2. The molecule has 0 fully saturated rings. The topological polar surface area (TPSA) is 60.7 Å². The fraction of sp³-hybridized carbons (Fsp3) is 0.211. The molecule has 5 nitrogen and oxygen atoms in total. The minimum Gasteiger partial charge on any atom is -0.465 e. The van der Waals surface area contributed by atoms with Crippen LogP contribution in [0.1, 0.15) is 17.3 Å². The van der Waals surface area contributed by atoms with Crippen LogP contribution >= 0.6 is 23.1 Å². The first kappa shape index (κ1) is 20.2. The van der Waals surface area contributed by atoms with Crippen LogP contribution in [0.5, 0.6) is 0 Å². The van der Waals surface area contributed by atoms with E-state index in [1.165, 1.54) is 16.3 Å². The first-order chi connectivity index (χ1) is 13.4. The normalized spacial score (nSPS) is 11.8. The third kappa shape index (κ3) is 4.31. The van der Waals surface area contributed by atoms with Crippen molar-refractivity contribution in [1.29, 1.82) is 0 Å². The Morgan fingerprint density at radius 1 is 1.25 bits per heavy atom. The quantitative estimate of drug-likeness (QED) is 0.461. The predicted molar refractivity (Wildman–Crippen MR) is 104 cm³/mol. The molecule has 0 bridgehead atoms. The van der Waals surface area contributed by atoms with E-state index >= 15 is 0 Å². The molecule has 0 aliphatic rings. The maximum absolute atomic E-state index is 14.4. The number of thiazole rings is 1. The number of carbonyl (C=O) groups is 2. The summed E-state index contributed by atoms with van der Waals surface area (Å²) in [5.74, 6) is -2.74. The number of nitrogens with zero attached hydrogens (tertiary/aromatic N) is 2. The van der Waals surface area contributed by atoms with Gasteiger partial charge in [0.05, 0.1) is 16.8 Å². The lowest BCUT2D eigenvalue weighted by molar-refractivity contribution is -0.143. The van der Waals surface area contributed by atoms with Crippen molar-refractivity contribution < 1.29 is 23.1 Å². The zero-order valence-corrected chi connectivity index (χ0v) is 16.7. The summed E-state index contributed by atoms with van der Waals surface area (Å²) >= 11 is 2.41. The molecule has 0 saturated carbocycles. The number of ether oxygens (including phenoxy) is 1. The van der Waals surface area contributed by atoms with Gasteiger partial charge in [-0.25, -0.2) is 8.78 Å². The Labute approximate surface area is 167 Å². The van der Waals surface area contributed by atoms with Crippen molar-refractivity contribution in [2.24, 2.45) is 4.99 Å². The Hall–Kier alpha value is -2.52. The van der Waals surface area contributed by atoms with E-state index in [9.17, 15) is 18.4 Å². The van der Waals surface area contributed by atoms with Crippen molar-refractivity contribution in [3.05, 3.63) is 58.4 Å². The van der Waals surface area contributed by atoms with Crippen molar-refractivity contribution >= 4 is 45.2 Å². The molecule has 3 aromatic rings. The molecule has 0 atom stereocenters. The van der Waals surface area contributed by atoms with Crippen molar-refractivity contribution in [2.45, 2.75) is 18.4 Å². The van der Waals surface area contributed by atoms with Gasteiger partial charge >= 0.3 is 5.97 Å². The van der Waals surface area contributed by atoms with Crippen LogP contribution in [-0.2, 0) is 16.1 Å². The number of hydrogen-bond acceptors (Lipinski definition) is 5. The molecular weight excluding hydrogens is 406 g/mol. The van der Waals surface area contributed by atoms with E-state index in [4.69, 9.17) is 4.74 Å². The van der Waals surface area contributed by atoms with Gasteiger partial charge < -0.3 is 9.30 Å². The van der Waals surface area contributed by atoms with E-state index in [0.29, 0.717) is 5.56 Å². The van der Waals surface area contributed by atoms with Gasteiger partial charge in [0.15, 0.2) is 10.6 Å². The van der Waals surface area contributed by atoms with Crippen molar-refractivity contribution in [1.82, 2.24) is 4.57 Å². The van der Waals surface area contributed by atoms with Gasteiger partial charge in [-0.15, -0.1) is 11.8 Å². The molecule has 0 aliphatic carbocycles. The summed E-state index contributed by atoms with van der Waals surface area (Å²) in [6.07, 6.45) is 1.89.